The zero-order valence-electron chi connectivity index (χ0n) is 13.6. The van der Waals surface area contributed by atoms with Crippen LogP contribution in [0.4, 0.5) is 0 Å². The lowest BCUT2D eigenvalue weighted by Gasteiger charge is -2.34. The summed E-state index contributed by atoms with van der Waals surface area (Å²) in [4.78, 5) is 2.13. The Morgan fingerprint density at radius 2 is 2.09 bits per heavy atom. The molecule has 4 nitrogen and oxygen atoms in total. The van der Waals surface area contributed by atoms with E-state index in [9.17, 15) is 8.42 Å². The van der Waals surface area contributed by atoms with Crippen molar-refractivity contribution in [2.75, 3.05) is 25.2 Å². The second-order valence-corrected chi connectivity index (χ2v) is 8.73. The molecule has 122 valence electrons. The molecule has 0 N–H and O–H groups in total. The van der Waals surface area contributed by atoms with E-state index in [0.717, 1.165) is 16.9 Å². The van der Waals surface area contributed by atoms with Crippen LogP contribution in [0.2, 0.25) is 0 Å². The van der Waals surface area contributed by atoms with Crippen LogP contribution >= 0.6 is 0 Å². The molecule has 0 amide bonds. The van der Waals surface area contributed by atoms with Gasteiger partial charge in [-0.3, -0.25) is 4.90 Å². The lowest BCUT2D eigenvalue weighted by molar-refractivity contribution is 0.152. The van der Waals surface area contributed by atoms with Gasteiger partial charge >= 0.3 is 0 Å². The molecule has 0 spiro atoms. The van der Waals surface area contributed by atoms with Crippen LogP contribution in [-0.2, 0) is 16.4 Å². The molecule has 1 aliphatic heterocycles. The quantitative estimate of drug-likeness (QED) is 0.755. The van der Waals surface area contributed by atoms with Crippen molar-refractivity contribution in [3.8, 4) is 5.75 Å². The van der Waals surface area contributed by atoms with E-state index in [4.69, 9.17) is 4.74 Å². The highest BCUT2D eigenvalue weighted by atomic mass is 32.2. The number of sulfone groups is 1. The fourth-order valence-electron chi connectivity index (χ4n) is 2.72. The summed E-state index contributed by atoms with van der Waals surface area (Å²) in [7, 11) is -0.925. The van der Waals surface area contributed by atoms with Gasteiger partial charge in [0.2, 0.25) is 0 Å². The number of rotatable bonds is 6. The standard InChI is InChI=1S/C17H25NO3S/c1-14(2)12-21-16-8-6-5-7-15(16)11-18(4)17(3)9-10-22(19,20)13-17/h5-8H,1,9-13H2,2-4H3. The van der Waals surface area contributed by atoms with E-state index >= 15 is 0 Å². The monoisotopic (exact) mass is 323 g/mol. The SMILES string of the molecule is C=C(C)COc1ccccc1CN(C)C1(C)CCS(=O)(=O)C1. The molecule has 0 aliphatic carbocycles. The Labute approximate surface area is 133 Å². The van der Waals surface area contributed by atoms with Crippen LogP contribution in [0.5, 0.6) is 5.75 Å². The highest BCUT2D eigenvalue weighted by Gasteiger charge is 2.41. The van der Waals surface area contributed by atoms with Gasteiger partial charge < -0.3 is 4.74 Å². The third-order valence-corrected chi connectivity index (χ3v) is 6.15. The topological polar surface area (TPSA) is 46.6 Å². The van der Waals surface area contributed by atoms with Crippen molar-refractivity contribution in [3.05, 3.63) is 42.0 Å². The lowest BCUT2D eigenvalue weighted by atomic mass is 9.99. The molecule has 22 heavy (non-hydrogen) atoms. The van der Waals surface area contributed by atoms with Crippen LogP contribution in [0.3, 0.4) is 0 Å². The molecule has 0 saturated carbocycles. The molecule has 0 aromatic heterocycles. The van der Waals surface area contributed by atoms with Crippen LogP contribution < -0.4 is 4.74 Å². The maximum absolute atomic E-state index is 11.8. The maximum atomic E-state index is 11.8. The number of nitrogens with zero attached hydrogens (tertiary/aromatic N) is 1. The van der Waals surface area contributed by atoms with Crippen molar-refractivity contribution in [1.82, 2.24) is 4.90 Å². The molecular weight excluding hydrogens is 298 g/mol. The second kappa shape index (κ2) is 6.42. The van der Waals surface area contributed by atoms with Gasteiger partial charge in [-0.25, -0.2) is 8.42 Å². The van der Waals surface area contributed by atoms with Gasteiger partial charge in [-0.1, -0.05) is 24.8 Å². The zero-order valence-corrected chi connectivity index (χ0v) is 14.4. The predicted molar refractivity (Wildman–Crippen MR) is 89.9 cm³/mol. The van der Waals surface area contributed by atoms with Gasteiger partial charge in [0, 0.05) is 17.6 Å². The van der Waals surface area contributed by atoms with Crippen molar-refractivity contribution in [2.24, 2.45) is 0 Å². The van der Waals surface area contributed by atoms with Gasteiger partial charge in [-0.15, -0.1) is 0 Å². The highest BCUT2D eigenvalue weighted by molar-refractivity contribution is 7.91. The summed E-state index contributed by atoms with van der Waals surface area (Å²) >= 11 is 0. The van der Waals surface area contributed by atoms with Gasteiger partial charge in [0.25, 0.3) is 0 Å². The molecule has 1 atom stereocenters. The molecule has 2 rings (SSSR count). The van der Waals surface area contributed by atoms with E-state index in [1.54, 1.807) is 0 Å². The van der Waals surface area contributed by atoms with Crippen LogP contribution in [0.1, 0.15) is 25.8 Å². The van der Waals surface area contributed by atoms with Crippen molar-refractivity contribution < 1.29 is 13.2 Å². The molecule has 1 saturated heterocycles. The van der Waals surface area contributed by atoms with Crippen molar-refractivity contribution >= 4 is 9.84 Å². The van der Waals surface area contributed by atoms with E-state index in [-0.39, 0.29) is 17.0 Å². The number of hydrogen-bond donors (Lipinski definition) is 0. The minimum Gasteiger partial charge on any atom is -0.489 e. The number of benzene rings is 1. The average molecular weight is 323 g/mol. The van der Waals surface area contributed by atoms with Gasteiger partial charge in [0.1, 0.15) is 12.4 Å². The zero-order chi connectivity index (χ0) is 16.4. The molecule has 1 unspecified atom stereocenters. The Morgan fingerprint density at radius 3 is 2.68 bits per heavy atom. The summed E-state index contributed by atoms with van der Waals surface area (Å²) < 4.78 is 29.4. The fraction of sp³-hybridized carbons (Fsp3) is 0.529. The Balaban J connectivity index is 2.12. The van der Waals surface area contributed by atoms with E-state index in [2.05, 4.69) is 11.5 Å². The average Bonchev–Trinajstić information content (AvgIpc) is 2.73. The first-order valence-electron chi connectivity index (χ1n) is 7.49. The summed E-state index contributed by atoms with van der Waals surface area (Å²) in [5.41, 5.74) is 1.73. The summed E-state index contributed by atoms with van der Waals surface area (Å²) in [6.07, 6.45) is 0.681. The third kappa shape index (κ3) is 4.11. The molecule has 0 bridgehead atoms. The first-order chi connectivity index (χ1) is 10.2. The molecule has 1 aromatic rings. The van der Waals surface area contributed by atoms with Crippen molar-refractivity contribution in [2.45, 2.75) is 32.4 Å². The van der Waals surface area contributed by atoms with E-state index in [1.807, 2.05) is 45.2 Å². The lowest BCUT2D eigenvalue weighted by Crippen LogP contribution is -2.44. The molecule has 1 aliphatic rings. The summed E-state index contributed by atoms with van der Waals surface area (Å²) in [5.74, 6) is 1.34. The van der Waals surface area contributed by atoms with Gasteiger partial charge in [-0.2, -0.15) is 0 Å². The smallest absolute Gasteiger partial charge is 0.152 e. The Bertz CT molecular complexity index is 654. The molecule has 1 fully saturated rings. The van der Waals surface area contributed by atoms with E-state index < -0.39 is 9.84 Å². The van der Waals surface area contributed by atoms with Gasteiger partial charge in [-0.05, 0) is 39.0 Å². The third-order valence-electron chi connectivity index (χ3n) is 4.26. The summed E-state index contributed by atoms with van der Waals surface area (Å²) in [6, 6.07) is 7.89. The van der Waals surface area contributed by atoms with Crippen LogP contribution in [0.15, 0.2) is 36.4 Å². The number of hydrogen-bond acceptors (Lipinski definition) is 4. The maximum Gasteiger partial charge on any atom is 0.152 e. The van der Waals surface area contributed by atoms with E-state index in [1.165, 1.54) is 0 Å². The van der Waals surface area contributed by atoms with Gasteiger partial charge in [0.15, 0.2) is 9.84 Å². The number of para-hydroxylation sites is 1. The summed E-state index contributed by atoms with van der Waals surface area (Å²) in [5, 5.41) is 0. The van der Waals surface area contributed by atoms with Crippen molar-refractivity contribution in [3.63, 3.8) is 0 Å². The Kier molecular flexibility index (Phi) is 4.97. The normalized spacial score (nSPS) is 23.6. The molecule has 1 heterocycles. The first kappa shape index (κ1) is 17.0. The Morgan fingerprint density at radius 1 is 1.41 bits per heavy atom. The van der Waals surface area contributed by atoms with Crippen LogP contribution in [-0.4, -0.2) is 44.0 Å². The minimum atomic E-state index is -2.91. The van der Waals surface area contributed by atoms with Crippen molar-refractivity contribution in [1.29, 1.82) is 0 Å². The highest BCUT2D eigenvalue weighted by Crippen LogP contribution is 2.31. The van der Waals surface area contributed by atoms with Crippen LogP contribution in [0, 0.1) is 0 Å². The second-order valence-electron chi connectivity index (χ2n) is 6.55. The molecule has 5 heteroatoms. The van der Waals surface area contributed by atoms with E-state index in [0.29, 0.717) is 19.6 Å². The number of ether oxygens (including phenoxy) is 1. The largest absolute Gasteiger partial charge is 0.489 e. The minimum absolute atomic E-state index is 0.227. The molecule has 1 aromatic carbocycles. The summed E-state index contributed by atoms with van der Waals surface area (Å²) in [6.45, 7) is 8.96. The predicted octanol–water partition coefficient (Wildman–Crippen LogP) is 2.65. The fourth-order valence-corrected chi connectivity index (χ4v) is 4.92. The Hall–Kier alpha value is -1.33. The first-order valence-corrected chi connectivity index (χ1v) is 9.31. The molecular formula is C17H25NO3S. The van der Waals surface area contributed by atoms with Gasteiger partial charge in [0.05, 0.1) is 11.5 Å². The van der Waals surface area contributed by atoms with Crippen LogP contribution in [0.25, 0.3) is 0 Å². The molecule has 0 radical (unpaired) electrons.